The van der Waals surface area contributed by atoms with E-state index in [2.05, 4.69) is 5.32 Å². The fourth-order valence-corrected chi connectivity index (χ4v) is 5.19. The van der Waals surface area contributed by atoms with Crippen LogP contribution in [0.5, 0.6) is 11.5 Å². The van der Waals surface area contributed by atoms with Crippen LogP contribution in [0.15, 0.2) is 71.6 Å². The van der Waals surface area contributed by atoms with Crippen molar-refractivity contribution < 1.29 is 27.1 Å². The molecule has 0 spiro atoms. The molecule has 1 aliphatic heterocycles. The highest BCUT2D eigenvalue weighted by atomic mass is 35.5. The van der Waals surface area contributed by atoms with Gasteiger partial charge in [-0.3, -0.25) is 9.10 Å². The zero-order valence-electron chi connectivity index (χ0n) is 18.2. The maximum atomic E-state index is 13.5. The van der Waals surface area contributed by atoms with Gasteiger partial charge in [-0.1, -0.05) is 23.7 Å². The molecule has 3 aromatic carbocycles. The molecule has 0 unspecified atom stereocenters. The van der Waals surface area contributed by atoms with E-state index in [1.54, 1.807) is 30.3 Å². The minimum absolute atomic E-state index is 0.0385. The van der Waals surface area contributed by atoms with Crippen molar-refractivity contribution in [2.45, 2.75) is 17.4 Å². The summed E-state index contributed by atoms with van der Waals surface area (Å²) in [6.07, 6.45) is -0.589. The van der Waals surface area contributed by atoms with Gasteiger partial charge >= 0.3 is 0 Å². The molecule has 0 aromatic heterocycles. The molecule has 1 heterocycles. The molecule has 178 valence electrons. The molecule has 0 aliphatic carbocycles. The van der Waals surface area contributed by atoms with Crippen LogP contribution in [0.2, 0.25) is 5.02 Å². The number of fused-ring (bicyclic) bond motifs is 1. The predicted octanol–water partition coefficient (Wildman–Crippen LogP) is 3.80. The number of halogens is 2. The first-order valence-corrected chi connectivity index (χ1v) is 12.2. The molecule has 0 bridgehead atoms. The van der Waals surface area contributed by atoms with Gasteiger partial charge in [0.25, 0.3) is 15.9 Å². The maximum Gasteiger partial charge on any atom is 0.264 e. The summed E-state index contributed by atoms with van der Waals surface area (Å²) in [7, 11) is -2.54. The van der Waals surface area contributed by atoms with Crippen molar-refractivity contribution in [3.8, 4) is 11.5 Å². The van der Waals surface area contributed by atoms with E-state index in [9.17, 15) is 17.6 Å². The quantitative estimate of drug-likeness (QED) is 0.529. The topological polar surface area (TPSA) is 84.9 Å². The first-order valence-electron chi connectivity index (χ1n) is 10.4. The molecule has 34 heavy (non-hydrogen) atoms. The molecule has 0 radical (unpaired) electrons. The average Bonchev–Trinajstić information content (AvgIpc) is 2.84. The predicted molar refractivity (Wildman–Crippen MR) is 127 cm³/mol. The summed E-state index contributed by atoms with van der Waals surface area (Å²) < 4.78 is 52.1. The van der Waals surface area contributed by atoms with Gasteiger partial charge in [0.1, 0.15) is 17.3 Å². The van der Waals surface area contributed by atoms with Gasteiger partial charge in [-0.05, 0) is 66.6 Å². The Bertz CT molecular complexity index is 1280. The zero-order chi connectivity index (χ0) is 24.3. The van der Waals surface area contributed by atoms with Gasteiger partial charge in [-0.15, -0.1) is 0 Å². The van der Waals surface area contributed by atoms with E-state index in [4.69, 9.17) is 21.1 Å². The number of anilines is 1. The highest BCUT2D eigenvalue weighted by Crippen LogP contribution is 2.39. The lowest BCUT2D eigenvalue weighted by Crippen LogP contribution is -2.51. The van der Waals surface area contributed by atoms with Gasteiger partial charge < -0.3 is 14.8 Å². The number of hydrogen-bond donors (Lipinski definition) is 1. The first-order chi connectivity index (χ1) is 16.3. The van der Waals surface area contributed by atoms with Crippen molar-refractivity contribution in [3.05, 3.63) is 83.1 Å². The SMILES string of the molecule is COc1ccc(S(=O)(=O)N2C[C@@H](C(=O)NCCc3ccc(F)cc3)Oc3ccc(Cl)cc32)cc1. The van der Waals surface area contributed by atoms with Crippen LogP contribution in [-0.2, 0) is 21.2 Å². The number of carbonyl (C=O) groups excluding carboxylic acids is 1. The first kappa shape index (κ1) is 23.8. The number of nitrogens with zero attached hydrogens (tertiary/aromatic N) is 1. The van der Waals surface area contributed by atoms with Crippen molar-refractivity contribution in [1.29, 1.82) is 0 Å². The molecule has 3 aromatic rings. The van der Waals surface area contributed by atoms with Crippen LogP contribution < -0.4 is 19.1 Å². The molecular weight excluding hydrogens is 483 g/mol. The van der Waals surface area contributed by atoms with Crippen LogP contribution in [0.4, 0.5) is 10.1 Å². The second-order valence-corrected chi connectivity index (χ2v) is 9.90. The normalized spacial score (nSPS) is 15.3. The molecule has 10 heteroatoms. The average molecular weight is 505 g/mol. The third-order valence-corrected chi connectivity index (χ3v) is 7.39. The van der Waals surface area contributed by atoms with Gasteiger partial charge in [-0.25, -0.2) is 12.8 Å². The molecule has 7 nitrogen and oxygen atoms in total. The second-order valence-electron chi connectivity index (χ2n) is 7.60. The summed E-state index contributed by atoms with van der Waals surface area (Å²) in [5, 5.41) is 3.10. The van der Waals surface area contributed by atoms with Gasteiger partial charge in [0, 0.05) is 11.6 Å². The summed E-state index contributed by atoms with van der Waals surface area (Å²) in [4.78, 5) is 12.9. The summed E-state index contributed by atoms with van der Waals surface area (Å²) in [6.45, 7) is 0.0487. The van der Waals surface area contributed by atoms with Gasteiger partial charge in [0.05, 0.1) is 24.2 Å². The second kappa shape index (κ2) is 9.90. The van der Waals surface area contributed by atoms with E-state index in [1.807, 2.05) is 0 Å². The zero-order valence-corrected chi connectivity index (χ0v) is 19.8. The molecule has 1 atom stereocenters. The smallest absolute Gasteiger partial charge is 0.264 e. The largest absolute Gasteiger partial charge is 0.497 e. The number of amides is 1. The van der Waals surface area contributed by atoms with Gasteiger partial charge in [-0.2, -0.15) is 0 Å². The molecule has 1 aliphatic rings. The lowest BCUT2D eigenvalue weighted by atomic mass is 10.1. The molecule has 0 fully saturated rings. The van der Waals surface area contributed by atoms with E-state index in [1.165, 1.54) is 43.5 Å². The molecule has 0 saturated carbocycles. The van der Waals surface area contributed by atoms with Crippen molar-refractivity contribution in [2.75, 3.05) is 24.5 Å². The Labute approximate surface area is 202 Å². The molecule has 4 rings (SSSR count). The lowest BCUT2D eigenvalue weighted by Gasteiger charge is -2.35. The number of nitrogens with one attached hydrogen (secondary N) is 1. The fourth-order valence-electron chi connectivity index (χ4n) is 3.56. The number of hydrogen-bond acceptors (Lipinski definition) is 5. The summed E-state index contributed by atoms with van der Waals surface area (Å²) in [6, 6.07) is 16.5. The Hall–Kier alpha value is -3.30. The Balaban J connectivity index is 1.55. The van der Waals surface area contributed by atoms with E-state index in [-0.39, 0.29) is 35.2 Å². The third kappa shape index (κ3) is 5.10. The summed E-state index contributed by atoms with van der Waals surface area (Å²) >= 11 is 6.12. The highest BCUT2D eigenvalue weighted by molar-refractivity contribution is 7.92. The van der Waals surface area contributed by atoms with E-state index < -0.39 is 22.0 Å². The number of carbonyl (C=O) groups is 1. The summed E-state index contributed by atoms with van der Waals surface area (Å²) in [5.41, 5.74) is 1.11. The number of ether oxygens (including phenoxy) is 2. The Morgan fingerprint density at radius 2 is 1.85 bits per heavy atom. The lowest BCUT2D eigenvalue weighted by molar-refractivity contribution is -0.127. The minimum Gasteiger partial charge on any atom is -0.497 e. The van der Waals surface area contributed by atoms with E-state index >= 15 is 0 Å². The van der Waals surface area contributed by atoms with Crippen LogP contribution in [0.1, 0.15) is 5.56 Å². The standard InChI is InChI=1S/C24H22ClFN2O5S/c1-32-19-7-9-20(10-8-19)34(30,31)28-15-23(33-22-11-4-17(25)14-21(22)28)24(29)27-13-12-16-2-5-18(26)6-3-16/h2-11,14,23H,12-13,15H2,1H3,(H,27,29)/t23-/m0/s1. The summed E-state index contributed by atoms with van der Waals surface area (Å²) in [5.74, 6) is -0.0489. The Kier molecular flexibility index (Phi) is 6.95. The highest BCUT2D eigenvalue weighted by Gasteiger charge is 2.37. The van der Waals surface area contributed by atoms with Crippen molar-refractivity contribution in [1.82, 2.24) is 5.32 Å². The maximum absolute atomic E-state index is 13.5. The van der Waals surface area contributed by atoms with Crippen LogP contribution in [0, 0.1) is 5.82 Å². The molecule has 1 amide bonds. The van der Waals surface area contributed by atoms with Crippen molar-refractivity contribution in [3.63, 3.8) is 0 Å². The monoisotopic (exact) mass is 504 g/mol. The van der Waals surface area contributed by atoms with E-state index in [0.717, 1.165) is 9.87 Å². The number of benzene rings is 3. The van der Waals surface area contributed by atoms with Crippen LogP contribution in [0.3, 0.4) is 0 Å². The van der Waals surface area contributed by atoms with Crippen molar-refractivity contribution in [2.24, 2.45) is 0 Å². The van der Waals surface area contributed by atoms with Gasteiger partial charge in [0.2, 0.25) is 0 Å². The van der Waals surface area contributed by atoms with Crippen LogP contribution >= 0.6 is 11.6 Å². The fraction of sp³-hybridized carbons (Fsp3) is 0.208. The molecular formula is C24H22ClFN2O5S. The van der Waals surface area contributed by atoms with Gasteiger partial charge in [0.15, 0.2) is 6.10 Å². The molecule has 0 saturated heterocycles. The Morgan fingerprint density at radius 1 is 1.15 bits per heavy atom. The Morgan fingerprint density at radius 3 is 2.53 bits per heavy atom. The van der Waals surface area contributed by atoms with Crippen LogP contribution in [-0.4, -0.2) is 40.6 Å². The third-order valence-electron chi connectivity index (χ3n) is 5.36. The number of rotatable bonds is 7. The van der Waals surface area contributed by atoms with Crippen LogP contribution in [0.25, 0.3) is 0 Å². The van der Waals surface area contributed by atoms with E-state index in [0.29, 0.717) is 17.2 Å². The molecule has 1 N–H and O–H groups in total. The van der Waals surface area contributed by atoms with Crippen molar-refractivity contribution >= 4 is 33.2 Å². The number of sulfonamides is 1. The number of methoxy groups -OCH3 is 1. The minimum atomic E-state index is -4.03.